The number of unbranched alkanes of at least 4 members (excludes halogenated alkanes) is 2. The molecule has 82 valence electrons. The summed E-state index contributed by atoms with van der Waals surface area (Å²) in [4.78, 5) is 0. The molecule has 0 saturated heterocycles. The van der Waals surface area contributed by atoms with Crippen LogP contribution in [0.1, 0.15) is 51.9 Å². The third-order valence-electron chi connectivity index (χ3n) is 3.09. The molecule has 1 aliphatic carbocycles. The topological polar surface area (TPSA) is 52.8 Å². The largest absolute Gasteiger partial charge is 0.411 e. The van der Waals surface area contributed by atoms with E-state index in [4.69, 9.17) is 5.21 Å². The van der Waals surface area contributed by atoms with Crippen molar-refractivity contribution in [1.29, 1.82) is 0 Å². The highest BCUT2D eigenvalue weighted by atomic mass is 16.4. The minimum Gasteiger partial charge on any atom is -0.411 e. The molecule has 1 rings (SSSR count). The molecule has 0 heterocycles. The van der Waals surface area contributed by atoms with E-state index in [0.717, 1.165) is 19.3 Å². The molecule has 0 spiro atoms. The molecule has 0 bridgehead atoms. The first-order valence-electron chi connectivity index (χ1n) is 5.66. The van der Waals surface area contributed by atoms with Gasteiger partial charge in [-0.05, 0) is 25.2 Å². The van der Waals surface area contributed by atoms with Gasteiger partial charge < -0.3 is 10.3 Å². The predicted molar refractivity (Wildman–Crippen MR) is 56.7 cm³/mol. The number of rotatable bonds is 4. The van der Waals surface area contributed by atoms with Crippen LogP contribution in [0.5, 0.6) is 0 Å². The van der Waals surface area contributed by atoms with Gasteiger partial charge in [-0.1, -0.05) is 37.8 Å². The van der Waals surface area contributed by atoms with E-state index in [0.29, 0.717) is 11.6 Å². The van der Waals surface area contributed by atoms with Gasteiger partial charge in [0.25, 0.3) is 0 Å². The minimum atomic E-state index is -0.500. The molecule has 1 aliphatic rings. The summed E-state index contributed by atoms with van der Waals surface area (Å²) in [5, 5.41) is 21.3. The molecular weight excluding hydrogens is 178 g/mol. The van der Waals surface area contributed by atoms with Crippen LogP contribution in [0, 0.1) is 5.92 Å². The van der Waals surface area contributed by atoms with Crippen LogP contribution >= 0.6 is 0 Å². The van der Waals surface area contributed by atoms with Crippen LogP contribution in [0.4, 0.5) is 0 Å². The molecule has 0 aromatic rings. The molecule has 2 atom stereocenters. The summed E-state index contributed by atoms with van der Waals surface area (Å²) < 4.78 is 0. The van der Waals surface area contributed by atoms with E-state index in [-0.39, 0.29) is 0 Å². The Balaban J connectivity index is 2.25. The quantitative estimate of drug-likeness (QED) is 0.415. The standard InChI is InChI=1S/C11H21NO2/c1-2-3-4-5-9-6-7-10(12-14)11(13)8-9/h9,11,13-14H,2-8H2,1H3. The van der Waals surface area contributed by atoms with Gasteiger partial charge in [-0.3, -0.25) is 0 Å². The molecule has 2 N–H and O–H groups in total. The molecule has 2 unspecified atom stereocenters. The third kappa shape index (κ3) is 3.29. The molecule has 3 heteroatoms. The molecule has 14 heavy (non-hydrogen) atoms. The lowest BCUT2D eigenvalue weighted by Crippen LogP contribution is -2.29. The monoisotopic (exact) mass is 199 g/mol. The normalized spacial score (nSPS) is 30.9. The highest BCUT2D eigenvalue weighted by Crippen LogP contribution is 2.27. The second-order valence-electron chi connectivity index (χ2n) is 4.24. The minimum absolute atomic E-state index is 0.500. The van der Waals surface area contributed by atoms with Gasteiger partial charge in [0, 0.05) is 0 Å². The van der Waals surface area contributed by atoms with Gasteiger partial charge in [0.2, 0.25) is 0 Å². The summed E-state index contributed by atoms with van der Waals surface area (Å²) in [6.07, 6.45) is 7.12. The second kappa shape index (κ2) is 6.02. The zero-order valence-electron chi connectivity index (χ0n) is 8.95. The molecule has 0 aromatic heterocycles. The van der Waals surface area contributed by atoms with Crippen LogP contribution < -0.4 is 0 Å². The summed E-state index contributed by atoms with van der Waals surface area (Å²) >= 11 is 0. The first-order chi connectivity index (χ1) is 6.77. The molecular formula is C11H21NO2. The zero-order valence-corrected chi connectivity index (χ0v) is 8.95. The van der Waals surface area contributed by atoms with Gasteiger partial charge >= 0.3 is 0 Å². The van der Waals surface area contributed by atoms with Crippen LogP contribution in [0.25, 0.3) is 0 Å². The van der Waals surface area contributed by atoms with Crippen molar-refractivity contribution < 1.29 is 10.3 Å². The van der Waals surface area contributed by atoms with Gasteiger partial charge in [0.15, 0.2) is 0 Å². The fourth-order valence-corrected chi connectivity index (χ4v) is 2.15. The van der Waals surface area contributed by atoms with Gasteiger partial charge in [-0.15, -0.1) is 0 Å². The Labute approximate surface area is 85.8 Å². The Morgan fingerprint density at radius 1 is 1.43 bits per heavy atom. The Kier molecular flexibility index (Phi) is 4.94. The van der Waals surface area contributed by atoms with E-state index in [1.165, 1.54) is 25.7 Å². The Morgan fingerprint density at radius 2 is 2.21 bits per heavy atom. The van der Waals surface area contributed by atoms with E-state index in [1.807, 2.05) is 0 Å². The second-order valence-corrected chi connectivity index (χ2v) is 4.24. The number of hydrogen-bond donors (Lipinski definition) is 2. The lowest BCUT2D eigenvalue weighted by atomic mass is 9.83. The fraction of sp³-hybridized carbons (Fsp3) is 0.909. The van der Waals surface area contributed by atoms with Crippen molar-refractivity contribution in [2.75, 3.05) is 0 Å². The van der Waals surface area contributed by atoms with Crippen LogP contribution in [-0.2, 0) is 0 Å². The van der Waals surface area contributed by atoms with Crippen molar-refractivity contribution in [3.63, 3.8) is 0 Å². The summed E-state index contributed by atoms with van der Waals surface area (Å²) in [6, 6.07) is 0. The van der Waals surface area contributed by atoms with E-state index in [2.05, 4.69) is 12.1 Å². The van der Waals surface area contributed by atoms with Gasteiger partial charge in [-0.2, -0.15) is 0 Å². The van der Waals surface area contributed by atoms with Crippen LogP contribution in [0.3, 0.4) is 0 Å². The summed E-state index contributed by atoms with van der Waals surface area (Å²) in [6.45, 7) is 2.20. The van der Waals surface area contributed by atoms with E-state index < -0.39 is 6.10 Å². The molecule has 0 aliphatic heterocycles. The van der Waals surface area contributed by atoms with Crippen molar-refractivity contribution in [2.45, 2.75) is 58.0 Å². The summed E-state index contributed by atoms with van der Waals surface area (Å²) in [5.74, 6) is 0.627. The number of nitrogens with zero attached hydrogens (tertiary/aromatic N) is 1. The lowest BCUT2D eigenvalue weighted by Gasteiger charge is -2.26. The molecule has 1 fully saturated rings. The van der Waals surface area contributed by atoms with E-state index in [9.17, 15) is 5.11 Å². The SMILES string of the molecule is CCCCCC1CCC(=NO)C(O)C1. The molecule has 0 amide bonds. The number of aliphatic hydroxyl groups excluding tert-OH is 1. The molecule has 1 saturated carbocycles. The van der Waals surface area contributed by atoms with Crippen LogP contribution in [0.2, 0.25) is 0 Å². The predicted octanol–water partition coefficient (Wildman–Crippen LogP) is 2.56. The average Bonchev–Trinajstić information content (AvgIpc) is 2.18. The number of aliphatic hydroxyl groups is 1. The Hall–Kier alpha value is -0.570. The molecule has 3 nitrogen and oxygen atoms in total. The number of hydrogen-bond acceptors (Lipinski definition) is 3. The van der Waals surface area contributed by atoms with E-state index >= 15 is 0 Å². The van der Waals surface area contributed by atoms with E-state index in [1.54, 1.807) is 0 Å². The first kappa shape index (κ1) is 11.5. The summed E-state index contributed by atoms with van der Waals surface area (Å²) in [7, 11) is 0. The van der Waals surface area contributed by atoms with Crippen LogP contribution in [0.15, 0.2) is 5.16 Å². The van der Waals surface area contributed by atoms with Crippen LogP contribution in [-0.4, -0.2) is 22.1 Å². The maximum atomic E-state index is 9.61. The third-order valence-corrected chi connectivity index (χ3v) is 3.09. The molecule has 0 radical (unpaired) electrons. The van der Waals surface area contributed by atoms with Gasteiger partial charge in [0.1, 0.15) is 0 Å². The number of oxime groups is 1. The van der Waals surface area contributed by atoms with Crippen molar-refractivity contribution in [1.82, 2.24) is 0 Å². The maximum Gasteiger partial charge on any atom is 0.0956 e. The highest BCUT2D eigenvalue weighted by Gasteiger charge is 2.25. The van der Waals surface area contributed by atoms with Gasteiger partial charge in [0.05, 0.1) is 11.8 Å². The Bertz CT molecular complexity index is 192. The van der Waals surface area contributed by atoms with Gasteiger partial charge in [-0.25, -0.2) is 0 Å². The van der Waals surface area contributed by atoms with Crippen molar-refractivity contribution in [3.05, 3.63) is 0 Å². The average molecular weight is 199 g/mol. The zero-order chi connectivity index (χ0) is 10.4. The summed E-state index contributed by atoms with van der Waals surface area (Å²) in [5.41, 5.74) is 0.566. The fourth-order valence-electron chi connectivity index (χ4n) is 2.15. The van der Waals surface area contributed by atoms with Crippen molar-refractivity contribution >= 4 is 5.71 Å². The smallest absolute Gasteiger partial charge is 0.0956 e. The van der Waals surface area contributed by atoms with Crippen molar-refractivity contribution in [3.8, 4) is 0 Å². The lowest BCUT2D eigenvalue weighted by molar-refractivity contribution is 0.170. The Morgan fingerprint density at radius 3 is 2.79 bits per heavy atom. The first-order valence-corrected chi connectivity index (χ1v) is 5.66. The van der Waals surface area contributed by atoms with Crippen molar-refractivity contribution in [2.24, 2.45) is 11.1 Å². The maximum absolute atomic E-state index is 9.61. The molecule has 0 aromatic carbocycles. The highest BCUT2D eigenvalue weighted by molar-refractivity contribution is 5.88.